The molecule has 9 heteroatoms. The summed E-state index contributed by atoms with van der Waals surface area (Å²) in [6.45, 7) is 1.53. The number of carbonyl (C=O) groups excluding carboxylic acids is 1. The van der Waals surface area contributed by atoms with E-state index in [1.807, 2.05) is 30.3 Å². The molecular weight excluding hydrogens is 390 g/mol. The number of rotatable bonds is 6. The highest BCUT2D eigenvalue weighted by molar-refractivity contribution is 7.89. The highest BCUT2D eigenvalue weighted by atomic mass is 35.5. The summed E-state index contributed by atoms with van der Waals surface area (Å²) in [6.07, 6.45) is 0. The number of amides is 1. The van der Waals surface area contributed by atoms with Crippen LogP contribution >= 0.6 is 12.4 Å². The maximum atomic E-state index is 12.7. The predicted molar refractivity (Wildman–Crippen MR) is 107 cm³/mol. The molecule has 0 aliphatic carbocycles. The average Bonchev–Trinajstić information content (AvgIpc) is 2.68. The van der Waals surface area contributed by atoms with Crippen LogP contribution in [0.4, 0.5) is 11.4 Å². The Bertz CT molecular complexity index is 856. The van der Waals surface area contributed by atoms with Crippen molar-refractivity contribution < 1.29 is 17.9 Å². The van der Waals surface area contributed by atoms with Gasteiger partial charge in [-0.2, -0.15) is 4.31 Å². The number of para-hydroxylation sites is 1. The molecule has 1 aliphatic heterocycles. The zero-order chi connectivity index (χ0) is 18.4. The molecule has 2 N–H and O–H groups in total. The van der Waals surface area contributed by atoms with Gasteiger partial charge in [0.1, 0.15) is 0 Å². The summed E-state index contributed by atoms with van der Waals surface area (Å²) in [5.74, 6) is -0.255. The van der Waals surface area contributed by atoms with Crippen LogP contribution in [0, 0.1) is 0 Å². The van der Waals surface area contributed by atoms with Crippen molar-refractivity contribution in [3.05, 3.63) is 54.6 Å². The molecule has 0 spiro atoms. The van der Waals surface area contributed by atoms with Gasteiger partial charge in [-0.05, 0) is 30.3 Å². The van der Waals surface area contributed by atoms with E-state index >= 15 is 0 Å². The molecule has 146 valence electrons. The number of nitrogens with one attached hydrogen (secondary N) is 2. The topological polar surface area (TPSA) is 87.7 Å². The third-order valence-corrected chi connectivity index (χ3v) is 5.85. The maximum absolute atomic E-state index is 12.7. The first-order valence-corrected chi connectivity index (χ1v) is 9.76. The van der Waals surface area contributed by atoms with Gasteiger partial charge in [0, 0.05) is 24.5 Å². The van der Waals surface area contributed by atoms with Crippen molar-refractivity contribution in [1.82, 2.24) is 4.31 Å². The first kappa shape index (κ1) is 21.2. The highest BCUT2D eigenvalue weighted by Crippen LogP contribution is 2.20. The summed E-state index contributed by atoms with van der Waals surface area (Å²) in [7, 11) is -3.59. The van der Waals surface area contributed by atoms with Crippen LogP contribution < -0.4 is 10.6 Å². The van der Waals surface area contributed by atoms with Crippen molar-refractivity contribution >= 4 is 39.7 Å². The highest BCUT2D eigenvalue weighted by Gasteiger charge is 2.26. The van der Waals surface area contributed by atoms with Gasteiger partial charge >= 0.3 is 0 Å². The third-order valence-electron chi connectivity index (χ3n) is 3.95. The lowest BCUT2D eigenvalue weighted by atomic mass is 10.3. The number of carbonyl (C=O) groups is 1. The Kier molecular flexibility index (Phi) is 7.61. The molecule has 0 atom stereocenters. The molecular formula is C18H22ClN3O4S. The molecule has 2 aromatic carbocycles. The Morgan fingerprint density at radius 1 is 1.00 bits per heavy atom. The quantitative estimate of drug-likeness (QED) is 0.760. The molecule has 3 rings (SSSR count). The molecule has 0 bridgehead atoms. The lowest BCUT2D eigenvalue weighted by Crippen LogP contribution is -2.40. The minimum atomic E-state index is -3.59. The van der Waals surface area contributed by atoms with Crippen molar-refractivity contribution in [2.75, 3.05) is 43.5 Å². The molecule has 2 aromatic rings. The molecule has 1 saturated heterocycles. The van der Waals surface area contributed by atoms with E-state index in [9.17, 15) is 13.2 Å². The summed E-state index contributed by atoms with van der Waals surface area (Å²) in [6, 6.07) is 15.7. The Balaban J connectivity index is 0.00000261. The van der Waals surface area contributed by atoms with Gasteiger partial charge in [0.25, 0.3) is 0 Å². The fourth-order valence-electron chi connectivity index (χ4n) is 2.61. The van der Waals surface area contributed by atoms with E-state index in [1.54, 1.807) is 12.1 Å². The summed E-state index contributed by atoms with van der Waals surface area (Å²) in [5.41, 5.74) is 1.28. The molecule has 1 aliphatic rings. The number of sulfonamides is 1. The van der Waals surface area contributed by atoms with Crippen LogP contribution in [-0.2, 0) is 19.6 Å². The van der Waals surface area contributed by atoms with Crippen LogP contribution in [0.3, 0.4) is 0 Å². The normalized spacial score (nSPS) is 14.8. The number of halogens is 1. The van der Waals surface area contributed by atoms with E-state index in [0.29, 0.717) is 32.0 Å². The molecule has 27 heavy (non-hydrogen) atoms. The number of ether oxygens (including phenoxy) is 1. The minimum Gasteiger partial charge on any atom is -0.379 e. The smallest absolute Gasteiger partial charge is 0.243 e. The Hall–Kier alpha value is -2.13. The molecule has 0 unspecified atom stereocenters. The number of nitrogens with zero attached hydrogens (tertiary/aromatic N) is 1. The number of benzene rings is 2. The molecule has 0 aromatic heterocycles. The Morgan fingerprint density at radius 3 is 2.37 bits per heavy atom. The summed E-state index contributed by atoms with van der Waals surface area (Å²) in [4.78, 5) is 12.3. The first-order valence-electron chi connectivity index (χ1n) is 8.32. The number of morpholine rings is 1. The van der Waals surface area contributed by atoms with Crippen molar-refractivity contribution in [2.45, 2.75) is 4.90 Å². The van der Waals surface area contributed by atoms with Gasteiger partial charge in [0.15, 0.2) is 0 Å². The van der Waals surface area contributed by atoms with Crippen LogP contribution in [0.25, 0.3) is 0 Å². The molecule has 1 heterocycles. The molecule has 7 nitrogen and oxygen atoms in total. The van der Waals surface area contributed by atoms with Crippen LogP contribution in [-0.4, -0.2) is 51.5 Å². The van der Waals surface area contributed by atoms with Crippen LogP contribution in [0.1, 0.15) is 0 Å². The molecule has 1 fully saturated rings. The van der Waals surface area contributed by atoms with Crippen LogP contribution in [0.15, 0.2) is 59.5 Å². The summed E-state index contributed by atoms with van der Waals surface area (Å²) in [5, 5.41) is 5.73. The third kappa shape index (κ3) is 5.67. The molecule has 0 radical (unpaired) electrons. The van der Waals surface area contributed by atoms with Gasteiger partial charge in [-0.1, -0.05) is 24.3 Å². The second-order valence-corrected chi connectivity index (χ2v) is 7.75. The number of anilines is 2. The summed E-state index contributed by atoms with van der Waals surface area (Å²) < 4.78 is 32.0. The fourth-order valence-corrected chi connectivity index (χ4v) is 4.07. The number of hydrogen-bond donors (Lipinski definition) is 2. The monoisotopic (exact) mass is 411 g/mol. The van der Waals surface area contributed by atoms with Gasteiger partial charge in [0.2, 0.25) is 15.9 Å². The number of hydrogen-bond acceptors (Lipinski definition) is 5. The Morgan fingerprint density at radius 2 is 1.67 bits per heavy atom. The van der Waals surface area contributed by atoms with E-state index in [0.717, 1.165) is 5.69 Å². The lowest BCUT2D eigenvalue weighted by Gasteiger charge is -2.26. The van der Waals surface area contributed by atoms with Gasteiger partial charge in [-0.25, -0.2) is 8.42 Å². The molecule has 0 saturated carbocycles. The average molecular weight is 412 g/mol. The van der Waals surface area contributed by atoms with Gasteiger partial charge in [-0.3, -0.25) is 4.79 Å². The standard InChI is InChI=1S/C18H21N3O4S.ClH/c22-18(14-19-15-5-2-1-3-6-15)20-16-7-4-8-17(13-16)26(23,24)21-9-11-25-12-10-21;/h1-8,13,19H,9-12,14H2,(H,20,22);1H. The second kappa shape index (κ2) is 9.70. The van der Waals surface area contributed by atoms with Crippen molar-refractivity contribution in [3.63, 3.8) is 0 Å². The van der Waals surface area contributed by atoms with Crippen LogP contribution in [0.5, 0.6) is 0 Å². The largest absolute Gasteiger partial charge is 0.379 e. The molecule has 1 amide bonds. The second-order valence-electron chi connectivity index (χ2n) is 5.81. The van der Waals surface area contributed by atoms with E-state index < -0.39 is 10.0 Å². The SMILES string of the molecule is Cl.O=C(CNc1ccccc1)Nc1cccc(S(=O)(=O)N2CCOCC2)c1. The maximum Gasteiger partial charge on any atom is 0.243 e. The minimum absolute atomic E-state index is 0. The summed E-state index contributed by atoms with van der Waals surface area (Å²) >= 11 is 0. The van der Waals surface area contributed by atoms with E-state index in [1.165, 1.54) is 16.4 Å². The fraction of sp³-hybridized carbons (Fsp3) is 0.278. The van der Waals surface area contributed by atoms with Gasteiger partial charge in [0.05, 0.1) is 24.7 Å². The van der Waals surface area contributed by atoms with Crippen molar-refractivity contribution in [1.29, 1.82) is 0 Å². The lowest BCUT2D eigenvalue weighted by molar-refractivity contribution is -0.114. The Labute approximate surface area is 165 Å². The zero-order valence-electron chi connectivity index (χ0n) is 14.6. The van der Waals surface area contributed by atoms with E-state index in [4.69, 9.17) is 4.74 Å². The van der Waals surface area contributed by atoms with Crippen molar-refractivity contribution in [3.8, 4) is 0 Å². The first-order chi connectivity index (χ1) is 12.6. The predicted octanol–water partition coefficient (Wildman–Crippen LogP) is 2.18. The van der Waals surface area contributed by atoms with E-state index in [2.05, 4.69) is 10.6 Å². The zero-order valence-corrected chi connectivity index (χ0v) is 16.3. The van der Waals surface area contributed by atoms with Crippen molar-refractivity contribution in [2.24, 2.45) is 0 Å². The van der Waals surface area contributed by atoms with Crippen LogP contribution in [0.2, 0.25) is 0 Å². The van der Waals surface area contributed by atoms with E-state index in [-0.39, 0.29) is 29.8 Å². The van der Waals surface area contributed by atoms with Gasteiger partial charge in [-0.15, -0.1) is 12.4 Å². The van der Waals surface area contributed by atoms with Gasteiger partial charge < -0.3 is 15.4 Å².